The van der Waals surface area contributed by atoms with Crippen LogP contribution in [0, 0.1) is 12.3 Å². The molecule has 1 fully saturated rings. The average Bonchev–Trinajstić information content (AvgIpc) is 2.21. The van der Waals surface area contributed by atoms with E-state index in [4.69, 9.17) is 0 Å². The number of nitrogens with one attached hydrogen (secondary N) is 1. The first-order chi connectivity index (χ1) is 8.07. The summed E-state index contributed by atoms with van der Waals surface area (Å²) in [6.45, 7) is 1.93. The Balaban J connectivity index is 2.13. The standard InChI is InChI=1S/C13H16BrNO2/c1-9-3-4-11(10(14)7-9)15-12(17)13(8-16)5-2-6-13/h3-4,7,16H,2,5-6,8H2,1H3,(H,15,17). The number of aryl methyl sites for hydroxylation is 1. The third-order valence-corrected chi connectivity index (χ3v) is 4.12. The van der Waals surface area contributed by atoms with Crippen molar-refractivity contribution in [2.24, 2.45) is 5.41 Å². The van der Waals surface area contributed by atoms with Gasteiger partial charge in [-0.3, -0.25) is 4.79 Å². The summed E-state index contributed by atoms with van der Waals surface area (Å²) >= 11 is 3.43. The highest BCUT2D eigenvalue weighted by molar-refractivity contribution is 9.10. The minimum atomic E-state index is -0.551. The molecule has 1 aliphatic carbocycles. The maximum atomic E-state index is 12.1. The van der Waals surface area contributed by atoms with E-state index in [0.717, 1.165) is 35.0 Å². The lowest BCUT2D eigenvalue weighted by atomic mass is 9.68. The number of aliphatic hydroxyl groups is 1. The first-order valence-corrected chi connectivity index (χ1v) is 6.55. The molecule has 0 aliphatic heterocycles. The van der Waals surface area contributed by atoms with Crippen LogP contribution in [-0.2, 0) is 4.79 Å². The molecule has 0 bridgehead atoms. The summed E-state index contributed by atoms with van der Waals surface area (Å²) in [5, 5.41) is 12.2. The van der Waals surface area contributed by atoms with E-state index in [1.165, 1.54) is 0 Å². The predicted molar refractivity (Wildman–Crippen MR) is 70.9 cm³/mol. The van der Waals surface area contributed by atoms with E-state index in [-0.39, 0.29) is 12.5 Å². The molecule has 92 valence electrons. The van der Waals surface area contributed by atoms with Gasteiger partial charge in [-0.25, -0.2) is 0 Å². The van der Waals surface area contributed by atoms with Crippen LogP contribution in [0.5, 0.6) is 0 Å². The summed E-state index contributed by atoms with van der Waals surface area (Å²) in [4.78, 5) is 12.1. The van der Waals surface area contributed by atoms with Crippen LogP contribution >= 0.6 is 15.9 Å². The van der Waals surface area contributed by atoms with E-state index < -0.39 is 5.41 Å². The molecule has 3 nitrogen and oxygen atoms in total. The molecule has 0 heterocycles. The maximum Gasteiger partial charge on any atom is 0.232 e. The lowest BCUT2D eigenvalue weighted by Gasteiger charge is -2.38. The van der Waals surface area contributed by atoms with Gasteiger partial charge in [0.1, 0.15) is 0 Å². The fraction of sp³-hybridized carbons (Fsp3) is 0.462. The minimum absolute atomic E-state index is 0.0671. The third kappa shape index (κ3) is 2.38. The van der Waals surface area contributed by atoms with Crippen LogP contribution in [0.15, 0.2) is 22.7 Å². The van der Waals surface area contributed by atoms with Gasteiger partial charge in [0.05, 0.1) is 17.7 Å². The Morgan fingerprint density at radius 3 is 2.71 bits per heavy atom. The van der Waals surface area contributed by atoms with Gasteiger partial charge in [0.15, 0.2) is 0 Å². The summed E-state index contributed by atoms with van der Waals surface area (Å²) in [5.74, 6) is -0.0733. The Bertz CT molecular complexity index is 436. The van der Waals surface area contributed by atoms with Crippen molar-refractivity contribution in [1.82, 2.24) is 0 Å². The molecule has 0 spiro atoms. The quantitative estimate of drug-likeness (QED) is 0.901. The fourth-order valence-electron chi connectivity index (χ4n) is 2.04. The van der Waals surface area contributed by atoms with Crippen LogP contribution in [0.3, 0.4) is 0 Å². The van der Waals surface area contributed by atoms with Crippen molar-refractivity contribution in [2.45, 2.75) is 26.2 Å². The van der Waals surface area contributed by atoms with Crippen molar-refractivity contribution >= 4 is 27.5 Å². The number of aliphatic hydroxyl groups excluding tert-OH is 1. The molecule has 1 aliphatic rings. The van der Waals surface area contributed by atoms with Gasteiger partial charge < -0.3 is 10.4 Å². The summed E-state index contributed by atoms with van der Waals surface area (Å²) in [6, 6.07) is 5.79. The molecule has 1 saturated carbocycles. The zero-order chi connectivity index (χ0) is 12.5. The van der Waals surface area contributed by atoms with Gasteiger partial charge in [-0.05, 0) is 53.4 Å². The number of hydrogen-bond acceptors (Lipinski definition) is 2. The highest BCUT2D eigenvalue weighted by Crippen LogP contribution is 2.41. The number of amides is 1. The monoisotopic (exact) mass is 297 g/mol. The number of anilines is 1. The first kappa shape index (κ1) is 12.6. The molecular formula is C13H16BrNO2. The normalized spacial score (nSPS) is 17.4. The van der Waals surface area contributed by atoms with Gasteiger partial charge in [0.2, 0.25) is 5.91 Å². The molecule has 0 unspecified atom stereocenters. The highest BCUT2D eigenvalue weighted by Gasteiger charge is 2.43. The molecule has 0 saturated heterocycles. The highest BCUT2D eigenvalue weighted by atomic mass is 79.9. The van der Waals surface area contributed by atoms with Crippen molar-refractivity contribution in [3.63, 3.8) is 0 Å². The number of halogens is 1. The zero-order valence-electron chi connectivity index (χ0n) is 9.79. The first-order valence-electron chi connectivity index (χ1n) is 5.76. The molecule has 2 rings (SSSR count). The van der Waals surface area contributed by atoms with Crippen LogP contribution in [0.25, 0.3) is 0 Å². The SMILES string of the molecule is Cc1ccc(NC(=O)C2(CO)CCC2)c(Br)c1. The van der Waals surface area contributed by atoms with E-state index >= 15 is 0 Å². The number of carbonyl (C=O) groups is 1. The molecule has 4 heteroatoms. The van der Waals surface area contributed by atoms with E-state index in [2.05, 4.69) is 21.2 Å². The molecule has 0 aromatic heterocycles. The van der Waals surface area contributed by atoms with Gasteiger partial charge in [0, 0.05) is 4.47 Å². The Labute approximate surface area is 109 Å². The van der Waals surface area contributed by atoms with E-state index in [1.54, 1.807) is 0 Å². The fourth-order valence-corrected chi connectivity index (χ4v) is 2.63. The molecular weight excluding hydrogens is 282 g/mol. The summed E-state index contributed by atoms with van der Waals surface area (Å²) in [5.41, 5.74) is 1.35. The number of benzene rings is 1. The molecule has 1 aromatic rings. The third-order valence-electron chi connectivity index (χ3n) is 3.47. The van der Waals surface area contributed by atoms with E-state index in [1.807, 2.05) is 25.1 Å². The zero-order valence-corrected chi connectivity index (χ0v) is 11.4. The lowest BCUT2D eigenvalue weighted by molar-refractivity contribution is -0.133. The second kappa shape index (κ2) is 4.78. The topological polar surface area (TPSA) is 49.3 Å². The van der Waals surface area contributed by atoms with Crippen molar-refractivity contribution < 1.29 is 9.90 Å². The van der Waals surface area contributed by atoms with Crippen LogP contribution in [0.2, 0.25) is 0 Å². The van der Waals surface area contributed by atoms with Crippen molar-refractivity contribution in [1.29, 1.82) is 0 Å². The van der Waals surface area contributed by atoms with E-state index in [9.17, 15) is 9.90 Å². The molecule has 0 atom stereocenters. The summed E-state index contributed by atoms with van der Waals surface area (Å²) in [6.07, 6.45) is 2.57. The van der Waals surface area contributed by atoms with Crippen LogP contribution in [-0.4, -0.2) is 17.6 Å². The Kier molecular flexibility index (Phi) is 3.54. The van der Waals surface area contributed by atoms with Gasteiger partial charge in [-0.1, -0.05) is 12.5 Å². The maximum absolute atomic E-state index is 12.1. The number of rotatable bonds is 3. The molecule has 1 aromatic carbocycles. The van der Waals surface area contributed by atoms with Crippen molar-refractivity contribution in [2.75, 3.05) is 11.9 Å². The Morgan fingerprint density at radius 2 is 2.24 bits per heavy atom. The van der Waals surface area contributed by atoms with Crippen molar-refractivity contribution in [3.05, 3.63) is 28.2 Å². The molecule has 0 radical (unpaired) electrons. The summed E-state index contributed by atoms with van der Waals surface area (Å²) < 4.78 is 0.873. The average molecular weight is 298 g/mol. The van der Waals surface area contributed by atoms with Gasteiger partial charge in [-0.2, -0.15) is 0 Å². The van der Waals surface area contributed by atoms with Crippen LogP contribution in [0.1, 0.15) is 24.8 Å². The molecule has 2 N–H and O–H groups in total. The largest absolute Gasteiger partial charge is 0.395 e. The number of carbonyl (C=O) groups excluding carboxylic acids is 1. The second-order valence-corrected chi connectivity index (χ2v) is 5.58. The van der Waals surface area contributed by atoms with Crippen LogP contribution < -0.4 is 5.32 Å². The van der Waals surface area contributed by atoms with E-state index in [0.29, 0.717) is 0 Å². The second-order valence-electron chi connectivity index (χ2n) is 4.73. The number of hydrogen-bond donors (Lipinski definition) is 2. The van der Waals surface area contributed by atoms with Crippen LogP contribution in [0.4, 0.5) is 5.69 Å². The van der Waals surface area contributed by atoms with Crippen molar-refractivity contribution in [3.8, 4) is 0 Å². The Morgan fingerprint density at radius 1 is 1.53 bits per heavy atom. The lowest BCUT2D eigenvalue weighted by Crippen LogP contribution is -2.44. The van der Waals surface area contributed by atoms with Gasteiger partial charge in [0.25, 0.3) is 0 Å². The summed E-state index contributed by atoms with van der Waals surface area (Å²) in [7, 11) is 0. The van der Waals surface area contributed by atoms with Gasteiger partial charge >= 0.3 is 0 Å². The minimum Gasteiger partial charge on any atom is -0.395 e. The Hall–Kier alpha value is -0.870. The predicted octanol–water partition coefficient (Wildman–Crippen LogP) is 2.86. The van der Waals surface area contributed by atoms with Gasteiger partial charge in [-0.15, -0.1) is 0 Å². The molecule has 17 heavy (non-hydrogen) atoms. The molecule has 1 amide bonds. The smallest absolute Gasteiger partial charge is 0.232 e.